The predicted molar refractivity (Wildman–Crippen MR) is 139 cm³/mol. The Kier molecular flexibility index (Phi) is 11.8. The number of hydrogen-bond acceptors (Lipinski definition) is 3. The van der Waals surface area contributed by atoms with Gasteiger partial charge in [-0.05, 0) is 42.8 Å². The fourth-order valence-corrected chi connectivity index (χ4v) is 8.37. The van der Waals surface area contributed by atoms with Crippen molar-refractivity contribution in [1.82, 2.24) is 16.0 Å². The van der Waals surface area contributed by atoms with Crippen LogP contribution in [0.1, 0.15) is 12.8 Å². The minimum absolute atomic E-state index is 0. The van der Waals surface area contributed by atoms with E-state index in [1.165, 1.54) is 15.9 Å². The topological polar surface area (TPSA) is 70.2 Å². The van der Waals surface area contributed by atoms with Gasteiger partial charge in [0.2, 0.25) is 11.8 Å². The Morgan fingerprint density at radius 1 is 0.706 bits per heavy atom. The third kappa shape index (κ3) is 7.39. The molecule has 0 fully saturated rings. The molecule has 0 saturated heterocycles. The van der Waals surface area contributed by atoms with Crippen molar-refractivity contribution in [2.45, 2.75) is 12.8 Å². The summed E-state index contributed by atoms with van der Waals surface area (Å²) >= 11 is 0. The van der Waals surface area contributed by atoms with E-state index in [-0.39, 0.29) is 30.8 Å². The van der Waals surface area contributed by atoms with Gasteiger partial charge >= 0.3 is 0 Å². The molecule has 7 heteroatoms. The molecule has 34 heavy (non-hydrogen) atoms. The van der Waals surface area contributed by atoms with Gasteiger partial charge in [0.15, 0.2) is 0 Å². The van der Waals surface area contributed by atoms with E-state index in [2.05, 4.69) is 107 Å². The number of rotatable bonds is 12. The van der Waals surface area contributed by atoms with Gasteiger partial charge in [-0.3, -0.25) is 9.59 Å². The van der Waals surface area contributed by atoms with Crippen molar-refractivity contribution in [3.63, 3.8) is 0 Å². The van der Waals surface area contributed by atoms with Gasteiger partial charge in [0.25, 0.3) is 0 Å². The van der Waals surface area contributed by atoms with Crippen LogP contribution in [0.4, 0.5) is 0 Å². The fourth-order valence-electron chi connectivity index (χ4n) is 4.03. The summed E-state index contributed by atoms with van der Waals surface area (Å²) < 4.78 is 0. The lowest BCUT2D eigenvalue weighted by Crippen LogP contribution is -3.00. The minimum Gasteiger partial charge on any atom is -1.00 e. The molecule has 180 valence electrons. The summed E-state index contributed by atoms with van der Waals surface area (Å²) in [5.74, 6) is -0.0200. The standard InChI is InChI=1S/C27H32N3O2P.ClH/c1-28-27(32)22-29-19-20-30-26(31)18-11-21-33(23-12-5-2-6-13-23,24-14-7-3-8-15-24)25-16-9-4-10-17-25;/h2-10,12-17,29H,11,18-22H2,1H3,(H-,28,30,31,32);1H. The Labute approximate surface area is 209 Å². The maximum atomic E-state index is 12.5. The molecule has 0 atom stereocenters. The van der Waals surface area contributed by atoms with Crippen LogP contribution in [0.15, 0.2) is 91.0 Å². The molecule has 3 aromatic rings. The molecule has 5 nitrogen and oxygen atoms in total. The number of halogens is 1. The summed E-state index contributed by atoms with van der Waals surface area (Å²) in [5.41, 5.74) is 0. The average Bonchev–Trinajstić information content (AvgIpc) is 2.88. The summed E-state index contributed by atoms with van der Waals surface area (Å²) in [6.45, 7) is 1.32. The lowest BCUT2D eigenvalue weighted by molar-refractivity contribution is -0.121. The second-order valence-corrected chi connectivity index (χ2v) is 11.5. The second-order valence-electron chi connectivity index (χ2n) is 7.84. The van der Waals surface area contributed by atoms with E-state index in [4.69, 9.17) is 0 Å². The Morgan fingerprint density at radius 2 is 1.18 bits per heavy atom. The maximum absolute atomic E-state index is 12.5. The maximum Gasteiger partial charge on any atom is 0.233 e. The Balaban J connectivity index is 0.00000408. The first-order chi connectivity index (χ1) is 16.2. The van der Waals surface area contributed by atoms with E-state index in [1.54, 1.807) is 7.05 Å². The summed E-state index contributed by atoms with van der Waals surface area (Å²) in [5, 5.41) is 12.5. The van der Waals surface area contributed by atoms with Gasteiger partial charge in [-0.25, -0.2) is 0 Å². The van der Waals surface area contributed by atoms with Crippen LogP contribution in [-0.2, 0) is 9.59 Å². The molecule has 0 heterocycles. The van der Waals surface area contributed by atoms with Gasteiger partial charge in [-0.1, -0.05) is 54.6 Å². The minimum atomic E-state index is -1.90. The van der Waals surface area contributed by atoms with Crippen molar-refractivity contribution >= 4 is 35.0 Å². The first-order valence-corrected chi connectivity index (χ1v) is 13.4. The van der Waals surface area contributed by atoms with Crippen molar-refractivity contribution in [1.29, 1.82) is 0 Å². The molecule has 2 amide bonds. The van der Waals surface area contributed by atoms with Crippen LogP contribution < -0.4 is 44.3 Å². The van der Waals surface area contributed by atoms with Crippen molar-refractivity contribution in [2.75, 3.05) is 32.8 Å². The zero-order chi connectivity index (χ0) is 23.4. The Hall–Kier alpha value is -2.72. The number of carbonyl (C=O) groups is 2. The zero-order valence-corrected chi connectivity index (χ0v) is 21.2. The molecule has 0 saturated carbocycles. The number of hydrogen-bond donors (Lipinski definition) is 3. The molecule has 0 aliphatic carbocycles. The molecule has 0 aliphatic rings. The lowest BCUT2D eigenvalue weighted by atomic mass is 10.3. The quantitative estimate of drug-likeness (QED) is 0.227. The Bertz CT molecular complexity index is 907. The SMILES string of the molecule is CNC(=O)CNCCNC(=O)CCC[P+](c1ccccc1)(c1ccccc1)c1ccccc1.[Cl-]. The van der Waals surface area contributed by atoms with E-state index in [1.807, 2.05) is 0 Å². The molecule has 0 aliphatic heterocycles. The van der Waals surface area contributed by atoms with Crippen LogP contribution in [0.2, 0.25) is 0 Å². The smallest absolute Gasteiger partial charge is 0.233 e. The number of likely N-dealkylation sites (N-methyl/N-ethyl adjacent to an activating group) is 1. The molecule has 3 rings (SSSR count). The van der Waals surface area contributed by atoms with Crippen LogP contribution in [0.5, 0.6) is 0 Å². The summed E-state index contributed by atoms with van der Waals surface area (Å²) in [7, 11) is -0.291. The molecule has 0 bridgehead atoms. The molecular formula is C27H33ClN3O2P. The van der Waals surface area contributed by atoms with Crippen molar-refractivity contribution in [3.8, 4) is 0 Å². The summed E-state index contributed by atoms with van der Waals surface area (Å²) in [4.78, 5) is 23.7. The summed E-state index contributed by atoms with van der Waals surface area (Å²) in [6, 6.07) is 32.2. The third-order valence-electron chi connectivity index (χ3n) is 5.68. The van der Waals surface area contributed by atoms with Gasteiger partial charge in [-0.15, -0.1) is 0 Å². The van der Waals surface area contributed by atoms with Gasteiger partial charge in [-0.2, -0.15) is 0 Å². The van der Waals surface area contributed by atoms with Crippen molar-refractivity contribution in [3.05, 3.63) is 91.0 Å². The highest BCUT2D eigenvalue weighted by Gasteiger charge is 2.44. The van der Waals surface area contributed by atoms with Crippen LogP contribution in [0.25, 0.3) is 0 Å². The molecule has 0 unspecified atom stereocenters. The number of nitrogens with one attached hydrogen (secondary N) is 3. The van der Waals surface area contributed by atoms with E-state index in [0.717, 1.165) is 12.6 Å². The zero-order valence-electron chi connectivity index (χ0n) is 19.5. The van der Waals surface area contributed by atoms with Gasteiger partial charge in [0, 0.05) is 26.6 Å². The predicted octanol–water partition coefficient (Wildman–Crippen LogP) is -0.783. The second kappa shape index (κ2) is 14.5. The highest BCUT2D eigenvalue weighted by Crippen LogP contribution is 2.55. The number of amides is 2. The van der Waals surface area contributed by atoms with E-state index in [0.29, 0.717) is 19.5 Å². The van der Waals surface area contributed by atoms with Crippen molar-refractivity contribution in [2.24, 2.45) is 0 Å². The van der Waals surface area contributed by atoms with Crippen LogP contribution in [0.3, 0.4) is 0 Å². The van der Waals surface area contributed by atoms with Crippen molar-refractivity contribution < 1.29 is 22.0 Å². The first kappa shape index (κ1) is 27.5. The fraction of sp³-hybridized carbons (Fsp3) is 0.259. The average molecular weight is 498 g/mol. The highest BCUT2D eigenvalue weighted by atomic mass is 35.5. The van der Waals surface area contributed by atoms with Gasteiger partial charge in [0.05, 0.1) is 12.7 Å². The van der Waals surface area contributed by atoms with Crippen LogP contribution in [0, 0.1) is 0 Å². The van der Waals surface area contributed by atoms with Gasteiger partial charge in [0.1, 0.15) is 23.2 Å². The number of benzene rings is 3. The largest absolute Gasteiger partial charge is 1.00 e. The summed E-state index contributed by atoms with van der Waals surface area (Å²) in [6.07, 6.45) is 2.20. The molecule has 3 N–H and O–H groups in total. The highest BCUT2D eigenvalue weighted by molar-refractivity contribution is 7.95. The van der Waals surface area contributed by atoms with Crippen LogP contribution in [-0.4, -0.2) is 44.7 Å². The first-order valence-electron chi connectivity index (χ1n) is 11.4. The Morgan fingerprint density at radius 3 is 1.62 bits per heavy atom. The van der Waals surface area contributed by atoms with Crippen LogP contribution >= 0.6 is 7.26 Å². The van der Waals surface area contributed by atoms with E-state index < -0.39 is 7.26 Å². The third-order valence-corrected chi connectivity index (χ3v) is 10.2. The monoisotopic (exact) mass is 497 g/mol. The molecule has 0 aromatic heterocycles. The van der Waals surface area contributed by atoms with E-state index in [9.17, 15) is 9.59 Å². The van der Waals surface area contributed by atoms with E-state index >= 15 is 0 Å². The number of carbonyl (C=O) groups excluding carboxylic acids is 2. The molecular weight excluding hydrogens is 465 g/mol. The normalized spacial score (nSPS) is 10.7. The molecule has 0 spiro atoms. The lowest BCUT2D eigenvalue weighted by Gasteiger charge is -2.27. The molecule has 0 radical (unpaired) electrons. The molecule has 3 aromatic carbocycles. The van der Waals surface area contributed by atoms with Gasteiger partial charge < -0.3 is 28.4 Å².